The molecule has 1 heterocycles. The van der Waals surface area contributed by atoms with Gasteiger partial charge in [0, 0.05) is 37.1 Å². The van der Waals surface area contributed by atoms with Gasteiger partial charge in [0.25, 0.3) is 5.91 Å². The van der Waals surface area contributed by atoms with Gasteiger partial charge in [0.2, 0.25) is 0 Å². The number of hydrogen-bond acceptors (Lipinski definition) is 4. The molecule has 2 aromatic rings. The van der Waals surface area contributed by atoms with Crippen LogP contribution in [-0.4, -0.2) is 53.3 Å². The molecule has 32 heavy (non-hydrogen) atoms. The molecular weight excluding hydrogens is 417 g/mol. The Morgan fingerprint density at radius 3 is 2.56 bits per heavy atom. The van der Waals surface area contributed by atoms with Gasteiger partial charge < -0.3 is 15.3 Å². The second-order valence-electron chi connectivity index (χ2n) is 7.29. The minimum Gasteiger partial charge on any atom is -0.481 e. The van der Waals surface area contributed by atoms with Crippen LogP contribution in [0.4, 0.5) is 14.9 Å². The fourth-order valence-corrected chi connectivity index (χ4v) is 3.39. The molecule has 0 saturated carbocycles. The first-order valence-corrected chi connectivity index (χ1v) is 9.84. The number of halogens is 1. The molecule has 3 rings (SSSR count). The Balaban J connectivity index is 2.08. The maximum absolute atomic E-state index is 14.7. The lowest BCUT2D eigenvalue weighted by Crippen LogP contribution is -2.57. The predicted octanol–water partition coefficient (Wildman–Crippen LogP) is 2.72. The van der Waals surface area contributed by atoms with Gasteiger partial charge in [-0.25, -0.2) is 9.18 Å². The first kappa shape index (κ1) is 22.7. The maximum atomic E-state index is 14.7. The highest BCUT2D eigenvalue weighted by atomic mass is 19.1. The number of carboxylic acid groups (broad SMARTS) is 1. The number of rotatable bonds is 6. The fraction of sp³-hybridized carbons (Fsp3) is 0.217. The van der Waals surface area contributed by atoms with Gasteiger partial charge in [0.05, 0.1) is 6.42 Å². The maximum Gasteiger partial charge on any atom is 0.323 e. The zero-order valence-electron chi connectivity index (χ0n) is 17.5. The first-order valence-electron chi connectivity index (χ1n) is 9.84. The first-order chi connectivity index (χ1) is 15.2. The number of carbonyl (C=O) groups is 4. The van der Waals surface area contributed by atoms with Gasteiger partial charge in [0.15, 0.2) is 11.8 Å². The van der Waals surface area contributed by atoms with Crippen LogP contribution in [0.3, 0.4) is 0 Å². The molecule has 0 spiro atoms. The van der Waals surface area contributed by atoms with Crippen molar-refractivity contribution in [3.63, 3.8) is 0 Å². The second-order valence-corrected chi connectivity index (χ2v) is 7.29. The molecule has 0 saturated heterocycles. The number of nitrogens with zero attached hydrogens (tertiary/aromatic N) is 2. The van der Waals surface area contributed by atoms with Crippen molar-refractivity contribution in [2.24, 2.45) is 0 Å². The molecule has 166 valence electrons. The number of urea groups is 1. The molecule has 8 nitrogen and oxygen atoms in total. The van der Waals surface area contributed by atoms with Gasteiger partial charge in [-0.15, -0.1) is 0 Å². The number of aliphatic carboxylic acids is 1. The van der Waals surface area contributed by atoms with Crippen LogP contribution >= 0.6 is 0 Å². The molecule has 9 heteroatoms. The molecule has 2 N–H and O–H groups in total. The highest BCUT2D eigenvalue weighted by Gasteiger charge is 2.39. The fourth-order valence-electron chi connectivity index (χ4n) is 3.39. The number of hydrogen-bond donors (Lipinski definition) is 2. The van der Waals surface area contributed by atoms with E-state index in [1.807, 2.05) is 19.1 Å². The van der Waals surface area contributed by atoms with Gasteiger partial charge in [-0.1, -0.05) is 24.3 Å². The van der Waals surface area contributed by atoms with E-state index in [4.69, 9.17) is 5.11 Å². The number of likely N-dealkylation sites (N-methyl/N-ethyl adjacent to an activating group) is 1. The van der Waals surface area contributed by atoms with Crippen LogP contribution in [0.5, 0.6) is 0 Å². The average molecular weight is 439 g/mol. The summed E-state index contributed by atoms with van der Waals surface area (Å²) in [5.41, 5.74) is 1.71. The summed E-state index contributed by atoms with van der Waals surface area (Å²) in [7, 11) is 1.45. The predicted molar refractivity (Wildman–Crippen MR) is 115 cm³/mol. The van der Waals surface area contributed by atoms with Crippen molar-refractivity contribution in [2.45, 2.75) is 19.4 Å². The highest BCUT2D eigenvalue weighted by molar-refractivity contribution is 6.19. The summed E-state index contributed by atoms with van der Waals surface area (Å²) in [4.78, 5) is 51.3. The van der Waals surface area contributed by atoms with E-state index in [2.05, 4.69) is 5.32 Å². The van der Waals surface area contributed by atoms with Crippen LogP contribution in [0, 0.1) is 12.7 Å². The van der Waals surface area contributed by atoms with Crippen LogP contribution in [0.2, 0.25) is 0 Å². The topological polar surface area (TPSA) is 107 Å². The van der Waals surface area contributed by atoms with Gasteiger partial charge in [0.1, 0.15) is 5.82 Å². The van der Waals surface area contributed by atoms with Crippen molar-refractivity contribution in [3.05, 3.63) is 66.1 Å². The van der Waals surface area contributed by atoms with E-state index in [9.17, 15) is 23.6 Å². The molecule has 2 aromatic carbocycles. The molecule has 0 bridgehead atoms. The van der Waals surface area contributed by atoms with Crippen LogP contribution in [0.1, 0.15) is 12.0 Å². The van der Waals surface area contributed by atoms with Crippen LogP contribution in [-0.2, 0) is 14.4 Å². The number of anilines is 1. The number of carbonyl (C=O) groups excluding carboxylic acids is 3. The summed E-state index contributed by atoms with van der Waals surface area (Å²) >= 11 is 0. The van der Waals surface area contributed by atoms with Crippen molar-refractivity contribution in [1.82, 2.24) is 10.2 Å². The minimum atomic E-state index is -1.51. The van der Waals surface area contributed by atoms with Crippen molar-refractivity contribution in [2.75, 3.05) is 18.5 Å². The summed E-state index contributed by atoms with van der Waals surface area (Å²) in [6, 6.07) is 8.59. The van der Waals surface area contributed by atoms with Gasteiger partial charge in [-0.3, -0.25) is 19.3 Å². The number of aryl methyl sites for hydroxylation is 1. The lowest BCUT2D eigenvalue weighted by molar-refractivity contribution is -0.137. The third kappa shape index (κ3) is 4.66. The standard InChI is InChI=1S/C23H22FN3O5/c1-14-5-3-4-6-16(14)17-13-15(7-8-18(17)24)27(23(32)25-11-9-20(29)30)21-19(28)10-12-26(2)22(21)31/h3-8,10,12-13,21H,9,11H2,1-2H3,(H,25,32)(H,29,30). The van der Waals surface area contributed by atoms with Crippen LogP contribution in [0.25, 0.3) is 11.1 Å². The van der Waals surface area contributed by atoms with Gasteiger partial charge >= 0.3 is 12.0 Å². The number of benzene rings is 2. The Labute approximate surface area is 183 Å². The molecular formula is C23H22FN3O5. The molecule has 1 unspecified atom stereocenters. The second kappa shape index (κ2) is 9.42. The normalized spacial score (nSPS) is 15.6. The number of carboxylic acids is 1. The van der Waals surface area contributed by atoms with E-state index in [1.54, 1.807) is 12.1 Å². The molecule has 0 aliphatic carbocycles. The smallest absolute Gasteiger partial charge is 0.323 e. The van der Waals surface area contributed by atoms with Crippen LogP contribution in [0.15, 0.2) is 54.7 Å². The van der Waals surface area contributed by atoms with Crippen molar-refractivity contribution in [3.8, 4) is 11.1 Å². The van der Waals surface area contributed by atoms with Gasteiger partial charge in [-0.2, -0.15) is 0 Å². The van der Waals surface area contributed by atoms with E-state index in [1.165, 1.54) is 36.4 Å². The summed E-state index contributed by atoms with van der Waals surface area (Å²) in [6.07, 6.45) is 2.13. The molecule has 1 atom stereocenters. The summed E-state index contributed by atoms with van der Waals surface area (Å²) in [6.45, 7) is 1.60. The molecule has 3 amide bonds. The number of ketones is 1. The van der Waals surface area contributed by atoms with Crippen molar-refractivity contribution < 1.29 is 28.7 Å². The van der Waals surface area contributed by atoms with E-state index in [0.717, 1.165) is 16.5 Å². The van der Waals surface area contributed by atoms with E-state index in [0.29, 0.717) is 5.56 Å². The Morgan fingerprint density at radius 1 is 1.16 bits per heavy atom. The van der Waals surface area contributed by atoms with Crippen molar-refractivity contribution in [1.29, 1.82) is 0 Å². The monoisotopic (exact) mass is 439 g/mol. The van der Waals surface area contributed by atoms with E-state index < -0.39 is 35.5 Å². The third-order valence-electron chi connectivity index (χ3n) is 5.07. The van der Waals surface area contributed by atoms with Crippen LogP contribution < -0.4 is 10.2 Å². The van der Waals surface area contributed by atoms with E-state index >= 15 is 0 Å². The largest absolute Gasteiger partial charge is 0.481 e. The zero-order valence-corrected chi connectivity index (χ0v) is 17.5. The highest BCUT2D eigenvalue weighted by Crippen LogP contribution is 2.31. The summed E-state index contributed by atoms with van der Waals surface area (Å²) in [5.74, 6) is -2.92. The Kier molecular flexibility index (Phi) is 6.67. The molecule has 1 aliphatic heterocycles. The molecule has 0 aromatic heterocycles. The summed E-state index contributed by atoms with van der Waals surface area (Å²) in [5, 5.41) is 11.3. The zero-order chi connectivity index (χ0) is 23.4. The molecule has 0 radical (unpaired) electrons. The third-order valence-corrected chi connectivity index (χ3v) is 5.07. The molecule has 0 fully saturated rings. The van der Waals surface area contributed by atoms with Crippen molar-refractivity contribution >= 4 is 29.4 Å². The molecule has 1 aliphatic rings. The lowest BCUT2D eigenvalue weighted by Gasteiger charge is -2.33. The Hall–Kier alpha value is -4.01. The minimum absolute atomic E-state index is 0.118. The lowest BCUT2D eigenvalue weighted by atomic mass is 9.98. The van der Waals surface area contributed by atoms with E-state index in [-0.39, 0.29) is 24.2 Å². The number of nitrogens with one attached hydrogen (secondary N) is 1. The Morgan fingerprint density at radius 2 is 1.88 bits per heavy atom. The summed E-state index contributed by atoms with van der Waals surface area (Å²) < 4.78 is 14.7. The Bertz CT molecular complexity index is 1110. The van der Waals surface area contributed by atoms with Gasteiger partial charge in [-0.05, 0) is 36.2 Å². The average Bonchev–Trinajstić information content (AvgIpc) is 2.75. The number of amides is 3. The quantitative estimate of drug-likeness (QED) is 0.673. The SMILES string of the molecule is Cc1ccccc1-c1cc(N(C(=O)NCCC(=O)O)C2C(=O)C=CN(C)C2=O)ccc1F.